The van der Waals surface area contributed by atoms with E-state index in [2.05, 4.69) is 295 Å². The maximum Gasteiger partial charge on any atom is 0.213 e. The average molecular weight is 1080 g/mol. The van der Waals surface area contributed by atoms with Crippen molar-refractivity contribution in [1.82, 2.24) is 24.9 Å². The minimum atomic E-state index is 0.499. The van der Waals surface area contributed by atoms with Crippen LogP contribution in [0.3, 0.4) is 0 Å². The zero-order valence-electron chi connectivity index (χ0n) is 50.4. The van der Waals surface area contributed by atoms with Gasteiger partial charge in [0.25, 0.3) is 0 Å². The molecule has 0 bridgehead atoms. The van der Waals surface area contributed by atoms with E-state index in [0.717, 1.165) is 33.5 Å². The Labute approximate surface area is 484 Å². The summed E-state index contributed by atoms with van der Waals surface area (Å²) in [5.41, 5.74) is 30.9. The fourth-order valence-electron chi connectivity index (χ4n) is 11.3. The molecule has 0 spiro atoms. The van der Waals surface area contributed by atoms with Crippen molar-refractivity contribution < 1.29 is 13.7 Å². The molecule has 6 aromatic carbocycles. The van der Waals surface area contributed by atoms with Gasteiger partial charge in [-0.2, -0.15) is 13.7 Å². The van der Waals surface area contributed by atoms with E-state index in [1.165, 1.54) is 135 Å². The smallest absolute Gasteiger partial charge is 0.213 e. The Balaban J connectivity index is 0.000000138. The summed E-state index contributed by atoms with van der Waals surface area (Å²) in [6.07, 6.45) is 6.97. The monoisotopic (exact) mass is 1080 g/mol. The molecule has 0 saturated carbocycles. The highest BCUT2D eigenvalue weighted by molar-refractivity contribution is 5.86. The van der Waals surface area contributed by atoms with Gasteiger partial charge in [0.15, 0.2) is 5.82 Å². The molecule has 0 aliphatic heterocycles. The van der Waals surface area contributed by atoms with Crippen molar-refractivity contribution in [2.75, 3.05) is 0 Å². The lowest BCUT2D eigenvalue weighted by molar-refractivity contribution is -0.633. The molecule has 0 aliphatic rings. The first-order valence-corrected chi connectivity index (χ1v) is 28.4. The van der Waals surface area contributed by atoms with E-state index in [1.54, 1.807) is 0 Å². The van der Waals surface area contributed by atoms with Gasteiger partial charge in [-0.1, -0.05) is 60.9 Å². The minimum Gasteiger partial charge on any atom is -0.256 e. The molecule has 0 aliphatic carbocycles. The van der Waals surface area contributed by atoms with Crippen LogP contribution in [0.5, 0.6) is 0 Å². The van der Waals surface area contributed by atoms with Crippen molar-refractivity contribution >= 4 is 32.7 Å². The Morgan fingerprint density at radius 2 is 0.720 bits per heavy atom. The molecular weight excluding hydrogens is 1000 g/mol. The van der Waals surface area contributed by atoms with Gasteiger partial charge in [0.1, 0.15) is 33.8 Å². The summed E-state index contributed by atoms with van der Waals surface area (Å²) in [6, 6.07) is 54.9. The first kappa shape index (κ1) is 56.1. The van der Waals surface area contributed by atoms with Crippen LogP contribution in [0, 0.1) is 69.2 Å². The van der Waals surface area contributed by atoms with Crippen molar-refractivity contribution in [2.45, 2.75) is 89.0 Å². The summed E-state index contributed by atoms with van der Waals surface area (Å²) >= 11 is 0. The van der Waals surface area contributed by atoms with Crippen molar-refractivity contribution in [3.8, 4) is 67.7 Å². The van der Waals surface area contributed by atoms with Crippen LogP contribution in [0.25, 0.3) is 100 Å². The lowest BCUT2D eigenvalue weighted by atomic mass is 9.96. The van der Waals surface area contributed by atoms with Crippen LogP contribution in [0.4, 0.5) is 0 Å². The second-order valence-electron chi connectivity index (χ2n) is 22.7. The van der Waals surface area contributed by atoms with Crippen molar-refractivity contribution in [1.29, 1.82) is 0 Å². The van der Waals surface area contributed by atoms with E-state index >= 15 is 0 Å². The van der Waals surface area contributed by atoms with E-state index in [-0.39, 0.29) is 0 Å². The lowest BCUT2D eigenvalue weighted by Crippen LogP contribution is -2.32. The Hall–Kier alpha value is -9.14. The molecule has 0 fully saturated rings. The number of benzene rings is 6. The SMILES string of the molecule is Cc1cc(C)c(C)c(-c2ccc3cc(-c4ccc(C(C)C)cn4)ccc3[n+]2C)c1.Cc1cc(C)c(C)c(-c2ccc3cc(-c4ncncn4)ccc3[n+]2C)c1.Cc1ccc(-c2ccc3c(ccc(-c4cc(C)cc(C)c4C)[n+]3C)c2)nc1. The quantitative estimate of drug-likeness (QED) is 0.149. The predicted molar refractivity (Wildman–Crippen MR) is 338 cm³/mol. The van der Waals surface area contributed by atoms with Gasteiger partial charge in [0, 0.05) is 98.3 Å². The molecule has 8 heteroatoms. The maximum absolute atomic E-state index is 4.69. The first-order valence-electron chi connectivity index (χ1n) is 28.4. The molecule has 82 heavy (non-hydrogen) atoms. The Morgan fingerprint density at radius 1 is 0.341 bits per heavy atom. The number of fused-ring (bicyclic) bond motifs is 3. The highest BCUT2D eigenvalue weighted by atomic mass is 15.0. The van der Waals surface area contributed by atoms with Gasteiger partial charge in [0.05, 0.1) is 11.4 Å². The van der Waals surface area contributed by atoms with Gasteiger partial charge in [-0.05, 0) is 205 Å². The fourth-order valence-corrected chi connectivity index (χ4v) is 11.3. The second kappa shape index (κ2) is 23.5. The van der Waals surface area contributed by atoms with Crippen LogP contribution in [-0.4, -0.2) is 24.9 Å². The summed E-state index contributed by atoms with van der Waals surface area (Å²) in [6.45, 7) is 26.1. The number of hydrogen-bond acceptors (Lipinski definition) is 5. The number of aryl methyl sites for hydroxylation is 10. The minimum absolute atomic E-state index is 0.499. The van der Waals surface area contributed by atoms with E-state index < -0.39 is 0 Å². The molecule has 6 aromatic heterocycles. The number of rotatable bonds is 7. The summed E-state index contributed by atoms with van der Waals surface area (Å²) in [5.74, 6) is 1.19. The Morgan fingerprint density at radius 3 is 1.09 bits per heavy atom. The van der Waals surface area contributed by atoms with Gasteiger partial charge >= 0.3 is 0 Å². The molecule has 12 aromatic rings. The molecule has 8 nitrogen and oxygen atoms in total. The summed E-state index contributed by atoms with van der Waals surface area (Å²) < 4.78 is 6.85. The summed E-state index contributed by atoms with van der Waals surface area (Å²) in [7, 11) is 6.43. The standard InChI is InChI=1S/C27H29N2.C25H25N2.C22H21N4/c1-17(2)23-7-10-25(28-16-23)21-8-11-26-22(15-21)9-12-27(29(26)6)24-14-18(3)13-19(4)20(24)5;1-16-6-9-23(26-15-16)20-7-10-24-21(14-20)8-11-25(27(24)5)22-13-17(2)12-18(3)19(22)4;1-14-9-15(2)16(3)19(10-14)21-8-5-17-11-18(6-7-20(17)26(21)4)22-24-12-23-13-25-22/h7-17H,1-6H3;6-15H,1-5H3;5-13H,1-4H3/q3*+1. The van der Waals surface area contributed by atoms with Gasteiger partial charge in [0.2, 0.25) is 33.6 Å². The molecule has 0 N–H and O–H groups in total. The summed E-state index contributed by atoms with van der Waals surface area (Å²) in [5, 5.41) is 3.62. The van der Waals surface area contributed by atoms with Crippen LogP contribution >= 0.6 is 0 Å². The number of nitrogens with zero attached hydrogens (tertiary/aromatic N) is 8. The second-order valence-corrected chi connectivity index (χ2v) is 22.7. The third kappa shape index (κ3) is 11.6. The molecule has 12 rings (SSSR count). The van der Waals surface area contributed by atoms with E-state index in [0.29, 0.717) is 11.7 Å². The van der Waals surface area contributed by atoms with Crippen LogP contribution in [0.15, 0.2) is 177 Å². The topological polar surface area (TPSA) is 76.1 Å². The fraction of sp³-hybridized carbons (Fsp3) is 0.216. The third-order valence-electron chi connectivity index (χ3n) is 16.5. The van der Waals surface area contributed by atoms with Crippen LogP contribution in [-0.2, 0) is 21.1 Å². The van der Waals surface area contributed by atoms with Gasteiger partial charge in [-0.15, -0.1) is 0 Å². The number of aromatic nitrogens is 8. The molecule has 408 valence electrons. The van der Waals surface area contributed by atoms with Crippen LogP contribution < -0.4 is 13.7 Å². The van der Waals surface area contributed by atoms with Crippen molar-refractivity contribution in [3.63, 3.8) is 0 Å². The zero-order valence-corrected chi connectivity index (χ0v) is 50.4. The van der Waals surface area contributed by atoms with Crippen LogP contribution in [0.1, 0.15) is 81.0 Å². The molecular formula is C74H75N8+3. The predicted octanol–water partition coefficient (Wildman–Crippen LogP) is 16.2. The molecule has 0 radical (unpaired) electrons. The highest BCUT2D eigenvalue weighted by Crippen LogP contribution is 2.32. The van der Waals surface area contributed by atoms with Gasteiger partial charge in [-0.25, -0.2) is 15.0 Å². The van der Waals surface area contributed by atoms with E-state index in [9.17, 15) is 0 Å². The van der Waals surface area contributed by atoms with Crippen LogP contribution in [0.2, 0.25) is 0 Å². The molecule has 0 unspecified atom stereocenters. The largest absolute Gasteiger partial charge is 0.256 e. The molecule has 0 amide bonds. The molecule has 0 atom stereocenters. The van der Waals surface area contributed by atoms with E-state index in [1.807, 2.05) is 12.4 Å². The lowest BCUT2D eigenvalue weighted by Gasteiger charge is -2.11. The highest BCUT2D eigenvalue weighted by Gasteiger charge is 2.21. The van der Waals surface area contributed by atoms with Crippen molar-refractivity contribution in [2.24, 2.45) is 21.1 Å². The van der Waals surface area contributed by atoms with Crippen molar-refractivity contribution in [3.05, 3.63) is 238 Å². The zero-order chi connectivity index (χ0) is 58.1. The van der Waals surface area contributed by atoms with E-state index in [4.69, 9.17) is 0 Å². The average Bonchev–Trinajstić information content (AvgIpc) is 3.57. The third-order valence-corrected chi connectivity index (χ3v) is 16.5. The van der Waals surface area contributed by atoms with Gasteiger partial charge in [-0.3, -0.25) is 9.97 Å². The Bertz CT molecular complexity index is 4370. The molecule has 6 heterocycles. The Kier molecular flexibility index (Phi) is 16.1. The normalized spacial score (nSPS) is 11.2. The van der Waals surface area contributed by atoms with Gasteiger partial charge < -0.3 is 0 Å². The first-order chi connectivity index (χ1) is 39.3. The molecule has 0 saturated heterocycles. The number of hydrogen-bond donors (Lipinski definition) is 0. The maximum atomic E-state index is 4.69. The number of pyridine rings is 5. The summed E-state index contributed by atoms with van der Waals surface area (Å²) in [4.78, 5) is 21.6.